The maximum absolute atomic E-state index is 12.2. The molecule has 3 aromatic rings. The maximum atomic E-state index is 12.2. The Hall–Kier alpha value is -2.92. The molecule has 2 aromatic carbocycles. The van der Waals surface area contributed by atoms with Gasteiger partial charge >= 0.3 is 0 Å². The van der Waals surface area contributed by atoms with Gasteiger partial charge in [0.25, 0.3) is 5.91 Å². The van der Waals surface area contributed by atoms with Crippen molar-refractivity contribution in [3.05, 3.63) is 84.2 Å². The van der Waals surface area contributed by atoms with Crippen LogP contribution in [0.15, 0.2) is 73.1 Å². The minimum absolute atomic E-state index is 0.206. The van der Waals surface area contributed by atoms with E-state index >= 15 is 0 Å². The van der Waals surface area contributed by atoms with Crippen molar-refractivity contribution >= 4 is 5.91 Å². The third kappa shape index (κ3) is 3.52. The fourth-order valence-corrected chi connectivity index (χ4v) is 2.50. The van der Waals surface area contributed by atoms with Gasteiger partial charge in [-0.3, -0.25) is 4.79 Å². The first-order valence-corrected chi connectivity index (χ1v) is 7.78. The lowest BCUT2D eigenvalue weighted by Crippen LogP contribution is -2.31. The van der Waals surface area contributed by atoms with E-state index in [9.17, 15) is 9.90 Å². The van der Waals surface area contributed by atoms with Gasteiger partial charge in [-0.2, -0.15) is 5.10 Å². The number of aromatic nitrogens is 2. The summed E-state index contributed by atoms with van der Waals surface area (Å²) in [7, 11) is 0. The van der Waals surface area contributed by atoms with Gasteiger partial charge in [0.15, 0.2) is 6.10 Å². The number of carbonyl (C=O) groups excluding carboxylic acids is 1. The molecule has 0 saturated carbocycles. The lowest BCUT2D eigenvalue weighted by molar-refractivity contribution is -0.130. The molecule has 2 atom stereocenters. The van der Waals surface area contributed by atoms with E-state index in [2.05, 4.69) is 10.4 Å². The van der Waals surface area contributed by atoms with Crippen molar-refractivity contribution in [2.45, 2.75) is 19.1 Å². The maximum Gasteiger partial charge on any atom is 0.253 e. The highest BCUT2D eigenvalue weighted by molar-refractivity contribution is 5.82. The number of aliphatic hydroxyl groups excluding tert-OH is 1. The second kappa shape index (κ2) is 7.10. The van der Waals surface area contributed by atoms with Crippen molar-refractivity contribution in [3.63, 3.8) is 0 Å². The quantitative estimate of drug-likeness (QED) is 0.759. The Kier molecular flexibility index (Phi) is 4.72. The molecule has 1 heterocycles. The average Bonchev–Trinajstić information content (AvgIpc) is 3.16. The van der Waals surface area contributed by atoms with Gasteiger partial charge in [-0.05, 0) is 36.2 Å². The number of rotatable bonds is 5. The third-order valence-corrected chi connectivity index (χ3v) is 3.88. The molecule has 122 valence electrons. The number of hydrogen-bond donors (Lipinski definition) is 2. The summed E-state index contributed by atoms with van der Waals surface area (Å²) in [6.07, 6.45) is 2.43. The first-order valence-electron chi connectivity index (χ1n) is 7.78. The van der Waals surface area contributed by atoms with Gasteiger partial charge in [0.1, 0.15) is 0 Å². The second-order valence-corrected chi connectivity index (χ2v) is 5.59. The largest absolute Gasteiger partial charge is 0.378 e. The Morgan fingerprint density at radius 2 is 1.75 bits per heavy atom. The predicted molar refractivity (Wildman–Crippen MR) is 91.5 cm³/mol. The zero-order valence-electron chi connectivity index (χ0n) is 13.3. The summed E-state index contributed by atoms with van der Waals surface area (Å²) in [5.41, 5.74) is 2.49. The van der Waals surface area contributed by atoms with Gasteiger partial charge in [-0.1, -0.05) is 42.5 Å². The first-order chi connectivity index (χ1) is 11.6. The monoisotopic (exact) mass is 321 g/mol. The molecule has 0 aliphatic heterocycles. The van der Waals surface area contributed by atoms with Crippen molar-refractivity contribution in [2.24, 2.45) is 0 Å². The van der Waals surface area contributed by atoms with E-state index in [-0.39, 0.29) is 6.04 Å². The van der Waals surface area contributed by atoms with Crippen LogP contribution in [0.25, 0.3) is 5.69 Å². The van der Waals surface area contributed by atoms with Gasteiger partial charge in [0.2, 0.25) is 0 Å². The highest BCUT2D eigenvalue weighted by Crippen LogP contribution is 2.18. The fourth-order valence-electron chi connectivity index (χ4n) is 2.50. The number of nitrogens with zero attached hydrogens (tertiary/aromatic N) is 2. The van der Waals surface area contributed by atoms with Crippen LogP contribution in [0.3, 0.4) is 0 Å². The van der Waals surface area contributed by atoms with Gasteiger partial charge in [0.05, 0.1) is 11.7 Å². The molecule has 0 saturated heterocycles. The molecule has 0 fully saturated rings. The van der Waals surface area contributed by atoms with Gasteiger partial charge in [-0.25, -0.2) is 4.68 Å². The zero-order valence-corrected chi connectivity index (χ0v) is 13.3. The smallest absolute Gasteiger partial charge is 0.253 e. The molecule has 1 amide bonds. The van der Waals surface area contributed by atoms with E-state index < -0.39 is 12.0 Å². The fraction of sp³-hybridized carbons (Fsp3) is 0.158. The van der Waals surface area contributed by atoms with Crippen LogP contribution in [0.4, 0.5) is 0 Å². The lowest BCUT2D eigenvalue weighted by atomic mass is 10.1. The van der Waals surface area contributed by atoms with Crippen LogP contribution in [-0.4, -0.2) is 20.8 Å². The van der Waals surface area contributed by atoms with E-state index in [4.69, 9.17) is 0 Å². The molecule has 0 bridgehead atoms. The summed E-state index contributed by atoms with van der Waals surface area (Å²) in [6, 6.07) is 18.3. The highest BCUT2D eigenvalue weighted by atomic mass is 16.3. The third-order valence-electron chi connectivity index (χ3n) is 3.88. The van der Waals surface area contributed by atoms with E-state index in [1.54, 1.807) is 35.1 Å². The average molecular weight is 321 g/mol. The van der Waals surface area contributed by atoms with E-state index in [1.807, 2.05) is 49.5 Å². The summed E-state index contributed by atoms with van der Waals surface area (Å²) >= 11 is 0. The van der Waals surface area contributed by atoms with Crippen molar-refractivity contribution in [2.75, 3.05) is 0 Å². The Morgan fingerprint density at radius 1 is 1.04 bits per heavy atom. The molecule has 2 unspecified atom stereocenters. The topological polar surface area (TPSA) is 67.2 Å². The summed E-state index contributed by atoms with van der Waals surface area (Å²) in [5.74, 6) is -0.412. The molecule has 2 N–H and O–H groups in total. The molecule has 3 rings (SSSR count). The number of amides is 1. The number of hydrogen-bond acceptors (Lipinski definition) is 3. The van der Waals surface area contributed by atoms with Crippen molar-refractivity contribution < 1.29 is 9.90 Å². The molecular weight excluding hydrogens is 302 g/mol. The summed E-state index contributed by atoms with van der Waals surface area (Å²) in [6.45, 7) is 1.89. The van der Waals surface area contributed by atoms with Gasteiger partial charge in [-0.15, -0.1) is 0 Å². The molecule has 0 spiro atoms. The number of aliphatic hydroxyl groups is 1. The molecule has 1 aromatic heterocycles. The lowest BCUT2D eigenvalue weighted by Gasteiger charge is -2.18. The minimum Gasteiger partial charge on any atom is -0.378 e. The standard InChI is InChI=1S/C19H19N3O2/c1-14(21-19(24)18(23)16-6-3-2-4-7-16)15-8-10-17(11-9-15)22-13-5-12-20-22/h2-14,18,23H,1H3,(H,21,24). The first kappa shape index (κ1) is 16.0. The molecule has 5 nitrogen and oxygen atoms in total. The summed E-state index contributed by atoms with van der Waals surface area (Å²) < 4.78 is 1.77. The number of nitrogens with one attached hydrogen (secondary N) is 1. The summed E-state index contributed by atoms with van der Waals surface area (Å²) in [5, 5.41) is 17.1. The van der Waals surface area contributed by atoms with Crippen LogP contribution in [0.2, 0.25) is 0 Å². The zero-order chi connectivity index (χ0) is 16.9. The summed E-state index contributed by atoms with van der Waals surface area (Å²) in [4.78, 5) is 12.2. The van der Waals surface area contributed by atoms with E-state index in [1.165, 1.54) is 0 Å². The van der Waals surface area contributed by atoms with Crippen LogP contribution < -0.4 is 5.32 Å². The normalized spacial score (nSPS) is 13.2. The van der Waals surface area contributed by atoms with Gasteiger partial charge in [0, 0.05) is 12.4 Å². The molecule has 5 heteroatoms. The van der Waals surface area contributed by atoms with Crippen LogP contribution in [-0.2, 0) is 4.79 Å². The number of benzene rings is 2. The van der Waals surface area contributed by atoms with Gasteiger partial charge < -0.3 is 10.4 Å². The SMILES string of the molecule is CC(NC(=O)C(O)c1ccccc1)c1ccc(-n2cccn2)cc1. The Bertz CT molecular complexity index is 783. The van der Waals surface area contributed by atoms with Crippen LogP contribution in [0, 0.1) is 0 Å². The van der Waals surface area contributed by atoms with Crippen LogP contribution >= 0.6 is 0 Å². The molecule has 0 aliphatic carbocycles. The molecule has 0 aliphatic rings. The molecule has 24 heavy (non-hydrogen) atoms. The van der Waals surface area contributed by atoms with Crippen molar-refractivity contribution in [3.8, 4) is 5.69 Å². The van der Waals surface area contributed by atoms with Crippen LogP contribution in [0.5, 0.6) is 0 Å². The predicted octanol–water partition coefficient (Wildman–Crippen LogP) is 2.78. The van der Waals surface area contributed by atoms with E-state index in [0.717, 1.165) is 11.3 Å². The Labute approximate surface area is 140 Å². The van der Waals surface area contributed by atoms with Crippen LogP contribution in [0.1, 0.15) is 30.2 Å². The van der Waals surface area contributed by atoms with E-state index in [0.29, 0.717) is 5.56 Å². The van der Waals surface area contributed by atoms with Crippen molar-refractivity contribution in [1.29, 1.82) is 0 Å². The van der Waals surface area contributed by atoms with Crippen molar-refractivity contribution in [1.82, 2.24) is 15.1 Å². The molecular formula is C19H19N3O2. The second-order valence-electron chi connectivity index (χ2n) is 5.59. The number of carbonyl (C=O) groups is 1. The molecule has 0 radical (unpaired) electrons. The highest BCUT2D eigenvalue weighted by Gasteiger charge is 2.19. The minimum atomic E-state index is -1.17. The Balaban J connectivity index is 1.66. The Morgan fingerprint density at radius 3 is 2.38 bits per heavy atom.